The highest BCUT2D eigenvalue weighted by molar-refractivity contribution is 6.51. The quantitative estimate of drug-likeness (QED) is 0.409. The van der Waals surface area contributed by atoms with Gasteiger partial charge in [-0.3, -0.25) is 19.7 Å². The number of anilines is 1. The number of nitriles is 1. The van der Waals surface area contributed by atoms with Gasteiger partial charge in [0, 0.05) is 12.7 Å². The Morgan fingerprint density at radius 1 is 1.14 bits per heavy atom. The van der Waals surface area contributed by atoms with Crippen molar-refractivity contribution in [3.8, 4) is 11.8 Å². The molecule has 0 aliphatic heterocycles. The second-order valence-corrected chi connectivity index (χ2v) is 6.34. The maximum Gasteiger partial charge on any atom is 0.283 e. The minimum absolute atomic E-state index is 0.104. The van der Waals surface area contributed by atoms with Gasteiger partial charge in [-0.15, -0.1) is 0 Å². The summed E-state index contributed by atoms with van der Waals surface area (Å²) in [6, 6.07) is 17.5. The fraction of sp³-hybridized carbons (Fsp3) is 0.100. The molecule has 0 aliphatic rings. The van der Waals surface area contributed by atoms with Gasteiger partial charge in [-0.25, -0.2) is 4.68 Å². The third kappa shape index (κ3) is 3.46. The molecule has 140 valence electrons. The van der Waals surface area contributed by atoms with Crippen LogP contribution in [-0.4, -0.2) is 20.9 Å². The number of halogens is 1. The van der Waals surface area contributed by atoms with Gasteiger partial charge in [-0.2, -0.15) is 10.4 Å². The molecule has 1 heterocycles. The summed E-state index contributed by atoms with van der Waals surface area (Å²) >= 11 is 6.03. The van der Waals surface area contributed by atoms with Crippen molar-refractivity contribution in [2.24, 2.45) is 12.1 Å². The van der Waals surface area contributed by atoms with Gasteiger partial charge in [0.05, 0.1) is 16.4 Å². The molecule has 0 unspecified atom stereocenters. The molecule has 0 amide bonds. The van der Waals surface area contributed by atoms with Gasteiger partial charge in [0.2, 0.25) is 11.5 Å². The summed E-state index contributed by atoms with van der Waals surface area (Å²) in [7, 11) is 1.67. The van der Waals surface area contributed by atoms with Crippen LogP contribution in [0.25, 0.3) is 5.69 Å². The van der Waals surface area contributed by atoms with Crippen molar-refractivity contribution in [3.63, 3.8) is 0 Å². The van der Waals surface area contributed by atoms with Crippen molar-refractivity contribution in [2.75, 3.05) is 5.43 Å². The summed E-state index contributed by atoms with van der Waals surface area (Å²) in [5.41, 5.74) is 3.03. The van der Waals surface area contributed by atoms with E-state index in [1.54, 1.807) is 73.3 Å². The van der Waals surface area contributed by atoms with Crippen molar-refractivity contribution in [2.45, 2.75) is 6.92 Å². The number of hydrazone groups is 1. The molecule has 1 N–H and O–H groups in total. The summed E-state index contributed by atoms with van der Waals surface area (Å²) in [5.74, 6) is -0.755. The molecule has 7 nitrogen and oxygen atoms in total. The minimum Gasteiger partial charge on any atom is -0.286 e. The van der Waals surface area contributed by atoms with E-state index >= 15 is 0 Å². The standard InChI is InChI=1S/C20H16ClN5O2/c1-13-18(20(28)26(25(13)2)14-8-4-3-5-9-14)19(27)17(12-22)24-23-16-11-7-6-10-15(16)21/h3-11,23H,1-2H3/b24-17-. The van der Waals surface area contributed by atoms with E-state index < -0.39 is 17.1 Å². The van der Waals surface area contributed by atoms with Gasteiger partial charge in [-0.1, -0.05) is 41.9 Å². The molecule has 0 spiro atoms. The summed E-state index contributed by atoms with van der Waals surface area (Å²) in [6.45, 7) is 1.64. The van der Waals surface area contributed by atoms with Crippen LogP contribution in [0.5, 0.6) is 0 Å². The molecule has 3 aromatic rings. The Morgan fingerprint density at radius 2 is 1.79 bits per heavy atom. The summed E-state index contributed by atoms with van der Waals surface area (Å²) in [6.07, 6.45) is 0. The van der Waals surface area contributed by atoms with E-state index in [0.29, 0.717) is 22.1 Å². The van der Waals surface area contributed by atoms with Gasteiger partial charge in [0.15, 0.2) is 0 Å². The van der Waals surface area contributed by atoms with E-state index in [-0.39, 0.29) is 5.56 Å². The zero-order valence-corrected chi connectivity index (χ0v) is 15.9. The van der Waals surface area contributed by atoms with E-state index in [4.69, 9.17) is 11.6 Å². The molecule has 0 bridgehead atoms. The molecular weight excluding hydrogens is 378 g/mol. The van der Waals surface area contributed by atoms with Crippen LogP contribution in [0.1, 0.15) is 16.1 Å². The second kappa shape index (κ2) is 7.94. The van der Waals surface area contributed by atoms with Gasteiger partial charge in [0.1, 0.15) is 11.6 Å². The molecule has 8 heteroatoms. The smallest absolute Gasteiger partial charge is 0.283 e. The van der Waals surface area contributed by atoms with E-state index in [0.717, 1.165) is 0 Å². The lowest BCUT2D eigenvalue weighted by molar-refractivity contribution is 0.106. The number of hydrogen-bond donors (Lipinski definition) is 1. The lowest BCUT2D eigenvalue weighted by Crippen LogP contribution is -2.25. The van der Waals surface area contributed by atoms with Crippen LogP contribution in [0.4, 0.5) is 5.69 Å². The number of rotatable bonds is 5. The highest BCUT2D eigenvalue weighted by atomic mass is 35.5. The maximum atomic E-state index is 12.9. The number of ketones is 1. The largest absolute Gasteiger partial charge is 0.286 e. The Hall–Kier alpha value is -3.63. The van der Waals surface area contributed by atoms with E-state index in [1.165, 1.54) is 4.68 Å². The highest BCUT2D eigenvalue weighted by Crippen LogP contribution is 2.20. The Morgan fingerprint density at radius 3 is 2.43 bits per heavy atom. The van der Waals surface area contributed by atoms with Crippen molar-refractivity contribution >= 4 is 28.8 Å². The summed E-state index contributed by atoms with van der Waals surface area (Å²) in [5, 5.41) is 13.6. The van der Waals surface area contributed by atoms with Gasteiger partial charge >= 0.3 is 0 Å². The first-order valence-corrected chi connectivity index (χ1v) is 8.70. The SMILES string of the molecule is Cc1c(C(=O)/C(C#N)=N\Nc2ccccc2Cl)c(=O)n(-c2ccccc2)n1C. The van der Waals surface area contributed by atoms with Crippen molar-refractivity contribution in [1.29, 1.82) is 5.26 Å². The first kappa shape index (κ1) is 19.1. The number of nitrogens with one attached hydrogen (secondary N) is 1. The first-order valence-electron chi connectivity index (χ1n) is 8.32. The zero-order valence-electron chi connectivity index (χ0n) is 15.2. The molecule has 2 aromatic carbocycles. The second-order valence-electron chi connectivity index (χ2n) is 5.93. The Labute approximate surface area is 166 Å². The monoisotopic (exact) mass is 393 g/mol. The molecule has 0 atom stereocenters. The number of Topliss-reactive ketones (excluding diaryl/α,β-unsaturated/α-hetero) is 1. The minimum atomic E-state index is -0.755. The molecule has 28 heavy (non-hydrogen) atoms. The summed E-state index contributed by atoms with van der Waals surface area (Å²) in [4.78, 5) is 25.8. The van der Waals surface area contributed by atoms with E-state index in [2.05, 4.69) is 10.5 Å². The molecule has 3 rings (SSSR count). The Balaban J connectivity index is 2.02. The van der Waals surface area contributed by atoms with Crippen molar-refractivity contribution in [3.05, 3.63) is 81.2 Å². The van der Waals surface area contributed by atoms with Crippen LogP contribution < -0.4 is 11.0 Å². The molecule has 0 saturated carbocycles. The van der Waals surface area contributed by atoms with E-state index in [9.17, 15) is 14.9 Å². The molecule has 0 saturated heterocycles. The number of hydrogen-bond acceptors (Lipinski definition) is 5. The zero-order chi connectivity index (χ0) is 20.3. The number of benzene rings is 2. The van der Waals surface area contributed by atoms with Crippen molar-refractivity contribution < 1.29 is 4.79 Å². The van der Waals surface area contributed by atoms with Gasteiger partial charge in [-0.05, 0) is 31.2 Å². The fourth-order valence-corrected chi connectivity index (χ4v) is 2.92. The third-order valence-corrected chi connectivity index (χ3v) is 4.59. The van der Waals surface area contributed by atoms with Crippen LogP contribution in [0.3, 0.4) is 0 Å². The maximum absolute atomic E-state index is 12.9. The fourth-order valence-electron chi connectivity index (χ4n) is 2.74. The highest BCUT2D eigenvalue weighted by Gasteiger charge is 2.26. The number of carbonyl (C=O) groups is 1. The van der Waals surface area contributed by atoms with E-state index in [1.807, 2.05) is 6.07 Å². The van der Waals surface area contributed by atoms with Gasteiger partial charge < -0.3 is 0 Å². The predicted octanol–water partition coefficient (Wildman–Crippen LogP) is 3.31. The number of para-hydroxylation sites is 2. The van der Waals surface area contributed by atoms with Crippen molar-refractivity contribution in [1.82, 2.24) is 9.36 Å². The number of aromatic nitrogens is 2. The lowest BCUT2D eigenvalue weighted by atomic mass is 10.1. The predicted molar refractivity (Wildman–Crippen MR) is 108 cm³/mol. The van der Waals surface area contributed by atoms with Gasteiger partial charge in [0.25, 0.3) is 5.56 Å². The van der Waals surface area contributed by atoms with Crippen LogP contribution in [-0.2, 0) is 7.05 Å². The van der Waals surface area contributed by atoms with Crippen LogP contribution >= 0.6 is 11.6 Å². The van der Waals surface area contributed by atoms with Crippen LogP contribution in [0.2, 0.25) is 5.02 Å². The molecule has 1 aromatic heterocycles. The average Bonchev–Trinajstić information content (AvgIpc) is 2.92. The Bertz CT molecular complexity index is 1170. The molecular formula is C20H16ClN5O2. The average molecular weight is 394 g/mol. The first-order chi connectivity index (χ1) is 13.5. The number of nitrogens with zero attached hydrogens (tertiary/aromatic N) is 4. The third-order valence-electron chi connectivity index (χ3n) is 4.26. The lowest BCUT2D eigenvalue weighted by Gasteiger charge is -2.07. The number of carbonyl (C=O) groups excluding carboxylic acids is 1. The summed E-state index contributed by atoms with van der Waals surface area (Å²) < 4.78 is 2.94. The molecule has 0 aliphatic carbocycles. The Kier molecular flexibility index (Phi) is 5.43. The normalized spacial score (nSPS) is 11.1. The topological polar surface area (TPSA) is 92.2 Å². The molecule has 0 fully saturated rings. The van der Waals surface area contributed by atoms with Crippen LogP contribution in [0, 0.1) is 18.3 Å². The van der Waals surface area contributed by atoms with Crippen LogP contribution in [0.15, 0.2) is 64.5 Å². The molecule has 0 radical (unpaired) electrons.